The first-order valence-corrected chi connectivity index (χ1v) is 8.20. The number of nitrogens with one attached hydrogen (secondary N) is 2. The number of carbonyl (C=O) groups excluding carboxylic acids is 2. The molecule has 6 heteroatoms. The molecular weight excluding hydrogens is 316 g/mol. The zero-order valence-electron chi connectivity index (χ0n) is 13.5. The lowest BCUT2D eigenvalue weighted by molar-refractivity contribution is -0.141. The molecule has 1 saturated heterocycles. The quantitative estimate of drug-likeness (QED) is 0.782. The second kappa shape index (κ2) is 7.79. The third-order valence-corrected chi connectivity index (χ3v) is 4.42. The van der Waals surface area contributed by atoms with Crippen molar-refractivity contribution in [1.29, 1.82) is 0 Å². The summed E-state index contributed by atoms with van der Waals surface area (Å²) in [5.74, 6) is -0.632. The zero-order chi connectivity index (χ0) is 16.9. The van der Waals surface area contributed by atoms with E-state index < -0.39 is 5.41 Å². The van der Waals surface area contributed by atoms with Crippen molar-refractivity contribution in [1.82, 2.24) is 10.6 Å². The molecule has 1 unspecified atom stereocenters. The lowest BCUT2D eigenvalue weighted by Gasteiger charge is -2.23. The topological polar surface area (TPSA) is 67.4 Å². The number of hydrogen-bond donors (Lipinski definition) is 2. The van der Waals surface area contributed by atoms with Gasteiger partial charge in [0, 0.05) is 24.7 Å². The average Bonchev–Trinajstić information content (AvgIpc) is 3.04. The highest BCUT2D eigenvalue weighted by molar-refractivity contribution is 6.31. The number of benzene rings is 1. The Balaban J connectivity index is 1.85. The van der Waals surface area contributed by atoms with Gasteiger partial charge in [-0.3, -0.25) is 9.59 Å². The highest BCUT2D eigenvalue weighted by Crippen LogP contribution is 2.19. The standard InChI is InChI=1S/C17H23ClN2O3/c1-17(2,16(22)20-11-13-7-5-9-23-13)15(21)19-10-12-6-3-4-8-14(12)18/h3-4,6,8,13H,5,7,9-11H2,1-2H3,(H,19,21)(H,20,22). The van der Waals surface area contributed by atoms with Crippen LogP contribution in [0.2, 0.25) is 5.02 Å². The Bertz CT molecular complexity index is 569. The van der Waals surface area contributed by atoms with Gasteiger partial charge < -0.3 is 15.4 Å². The van der Waals surface area contributed by atoms with Gasteiger partial charge in [-0.25, -0.2) is 0 Å². The van der Waals surface area contributed by atoms with Crippen LogP contribution in [0.4, 0.5) is 0 Å². The van der Waals surface area contributed by atoms with Gasteiger partial charge in [-0.15, -0.1) is 0 Å². The maximum atomic E-state index is 12.3. The fraction of sp³-hybridized carbons (Fsp3) is 0.529. The van der Waals surface area contributed by atoms with E-state index in [0.29, 0.717) is 18.1 Å². The molecule has 5 nitrogen and oxygen atoms in total. The van der Waals surface area contributed by atoms with Crippen molar-refractivity contribution in [3.63, 3.8) is 0 Å². The molecule has 1 aromatic rings. The van der Waals surface area contributed by atoms with Crippen LogP contribution in [0, 0.1) is 5.41 Å². The second-order valence-corrected chi connectivity index (χ2v) is 6.65. The van der Waals surface area contributed by atoms with Crippen molar-refractivity contribution >= 4 is 23.4 Å². The van der Waals surface area contributed by atoms with Gasteiger partial charge >= 0.3 is 0 Å². The minimum Gasteiger partial charge on any atom is -0.376 e. The fourth-order valence-electron chi connectivity index (χ4n) is 2.37. The maximum Gasteiger partial charge on any atom is 0.235 e. The van der Waals surface area contributed by atoms with Crippen molar-refractivity contribution in [3.8, 4) is 0 Å². The summed E-state index contributed by atoms with van der Waals surface area (Å²) < 4.78 is 5.47. The zero-order valence-corrected chi connectivity index (χ0v) is 14.3. The van der Waals surface area contributed by atoms with Crippen LogP contribution in [-0.2, 0) is 20.9 Å². The van der Waals surface area contributed by atoms with Crippen molar-refractivity contribution in [2.45, 2.75) is 39.3 Å². The number of halogens is 1. The Hall–Kier alpha value is -1.59. The van der Waals surface area contributed by atoms with Crippen LogP contribution >= 0.6 is 11.6 Å². The molecule has 0 spiro atoms. The van der Waals surface area contributed by atoms with Crippen molar-refractivity contribution < 1.29 is 14.3 Å². The first-order chi connectivity index (χ1) is 10.9. The van der Waals surface area contributed by atoms with E-state index in [4.69, 9.17) is 16.3 Å². The summed E-state index contributed by atoms with van der Waals surface area (Å²) in [6, 6.07) is 7.29. The van der Waals surface area contributed by atoms with Gasteiger partial charge in [-0.2, -0.15) is 0 Å². The normalized spacial score (nSPS) is 17.8. The van der Waals surface area contributed by atoms with Gasteiger partial charge in [0.25, 0.3) is 0 Å². The van der Waals surface area contributed by atoms with E-state index >= 15 is 0 Å². The highest BCUT2D eigenvalue weighted by Gasteiger charge is 2.36. The summed E-state index contributed by atoms with van der Waals surface area (Å²) in [5, 5.41) is 6.17. The molecule has 2 amide bonds. The Kier molecular flexibility index (Phi) is 6.02. The Morgan fingerprint density at radius 1 is 1.26 bits per heavy atom. The van der Waals surface area contributed by atoms with Gasteiger partial charge in [0.2, 0.25) is 11.8 Å². The van der Waals surface area contributed by atoms with Gasteiger partial charge in [-0.05, 0) is 38.3 Å². The van der Waals surface area contributed by atoms with Crippen molar-refractivity contribution in [3.05, 3.63) is 34.9 Å². The molecule has 2 rings (SSSR count). The van der Waals surface area contributed by atoms with Crippen LogP contribution in [0.15, 0.2) is 24.3 Å². The van der Waals surface area contributed by atoms with Crippen LogP contribution in [0.25, 0.3) is 0 Å². The van der Waals surface area contributed by atoms with Crippen LogP contribution in [-0.4, -0.2) is 31.1 Å². The van der Waals surface area contributed by atoms with E-state index in [1.54, 1.807) is 19.9 Å². The van der Waals surface area contributed by atoms with Crippen LogP contribution < -0.4 is 10.6 Å². The summed E-state index contributed by atoms with van der Waals surface area (Å²) in [6.45, 7) is 4.70. The minimum absolute atomic E-state index is 0.0564. The molecule has 1 atom stereocenters. The molecule has 0 bridgehead atoms. The monoisotopic (exact) mass is 338 g/mol. The van der Waals surface area contributed by atoms with Crippen molar-refractivity contribution in [2.24, 2.45) is 5.41 Å². The van der Waals surface area contributed by atoms with E-state index in [1.165, 1.54) is 0 Å². The Morgan fingerprint density at radius 3 is 2.61 bits per heavy atom. The molecule has 0 aromatic heterocycles. The van der Waals surface area contributed by atoms with Gasteiger partial charge in [0.15, 0.2) is 0 Å². The molecule has 1 heterocycles. The molecule has 1 aliphatic heterocycles. The predicted octanol–water partition coefficient (Wildman–Crippen LogP) is 2.28. The van der Waals surface area contributed by atoms with Gasteiger partial charge in [0.1, 0.15) is 5.41 Å². The Morgan fingerprint density at radius 2 is 1.96 bits per heavy atom. The van der Waals surface area contributed by atoms with Gasteiger partial charge in [-0.1, -0.05) is 29.8 Å². The largest absolute Gasteiger partial charge is 0.376 e. The van der Waals surface area contributed by atoms with E-state index in [9.17, 15) is 9.59 Å². The lowest BCUT2D eigenvalue weighted by Crippen LogP contribution is -2.49. The van der Waals surface area contributed by atoms with Crippen LogP contribution in [0.1, 0.15) is 32.3 Å². The molecule has 1 aliphatic rings. The molecule has 0 radical (unpaired) electrons. The second-order valence-electron chi connectivity index (χ2n) is 6.24. The molecule has 0 aliphatic carbocycles. The Labute approximate surface area is 141 Å². The predicted molar refractivity (Wildman–Crippen MR) is 89.1 cm³/mol. The third-order valence-electron chi connectivity index (χ3n) is 4.05. The number of ether oxygens (including phenoxy) is 1. The highest BCUT2D eigenvalue weighted by atomic mass is 35.5. The number of amides is 2. The summed E-state index contributed by atoms with van der Waals surface area (Å²) in [4.78, 5) is 24.6. The molecule has 126 valence electrons. The number of hydrogen-bond acceptors (Lipinski definition) is 3. The van der Waals surface area contributed by atoms with Crippen molar-refractivity contribution in [2.75, 3.05) is 13.2 Å². The smallest absolute Gasteiger partial charge is 0.235 e. The molecular formula is C17H23ClN2O3. The summed E-state index contributed by atoms with van der Waals surface area (Å²) in [7, 11) is 0. The minimum atomic E-state index is -1.15. The fourth-order valence-corrected chi connectivity index (χ4v) is 2.58. The summed E-state index contributed by atoms with van der Waals surface area (Å²) in [6.07, 6.45) is 2.02. The number of carbonyl (C=O) groups is 2. The molecule has 23 heavy (non-hydrogen) atoms. The summed E-state index contributed by atoms with van der Waals surface area (Å²) in [5.41, 5.74) is -0.335. The summed E-state index contributed by atoms with van der Waals surface area (Å²) >= 11 is 6.06. The van der Waals surface area contributed by atoms with E-state index in [-0.39, 0.29) is 17.9 Å². The van der Waals surface area contributed by atoms with Gasteiger partial charge in [0.05, 0.1) is 6.10 Å². The van der Waals surface area contributed by atoms with E-state index in [1.807, 2.05) is 18.2 Å². The molecule has 2 N–H and O–H groups in total. The molecule has 1 fully saturated rings. The van der Waals surface area contributed by atoms with E-state index in [0.717, 1.165) is 25.0 Å². The third kappa shape index (κ3) is 4.69. The van der Waals surface area contributed by atoms with Crippen LogP contribution in [0.3, 0.4) is 0 Å². The first-order valence-electron chi connectivity index (χ1n) is 7.83. The van der Waals surface area contributed by atoms with Crippen LogP contribution in [0.5, 0.6) is 0 Å². The average molecular weight is 339 g/mol. The van der Waals surface area contributed by atoms with E-state index in [2.05, 4.69) is 10.6 Å². The molecule has 1 aromatic carbocycles. The number of rotatable bonds is 6. The molecule has 0 saturated carbocycles. The lowest BCUT2D eigenvalue weighted by atomic mass is 9.91. The maximum absolute atomic E-state index is 12.3. The first kappa shape index (κ1) is 17.8. The SMILES string of the molecule is CC(C)(C(=O)NCc1ccccc1Cl)C(=O)NCC1CCCO1.